The largest absolute Gasteiger partial charge is 0.493 e. The van der Waals surface area contributed by atoms with Crippen molar-refractivity contribution in [3.05, 3.63) is 46.7 Å². The number of nitrogens with one attached hydrogen (secondary N) is 1. The van der Waals surface area contributed by atoms with E-state index >= 15 is 0 Å². The Kier molecular flexibility index (Phi) is 5.38. The van der Waals surface area contributed by atoms with E-state index in [-0.39, 0.29) is 0 Å². The van der Waals surface area contributed by atoms with Crippen molar-refractivity contribution < 1.29 is 9.47 Å². The molecule has 0 aliphatic carbocycles. The van der Waals surface area contributed by atoms with Crippen molar-refractivity contribution in [1.82, 2.24) is 19.6 Å². The van der Waals surface area contributed by atoms with Gasteiger partial charge in [0.05, 0.1) is 26.5 Å². The van der Waals surface area contributed by atoms with Crippen molar-refractivity contribution in [1.29, 1.82) is 0 Å². The lowest BCUT2D eigenvalue weighted by Crippen LogP contribution is -2.44. The van der Waals surface area contributed by atoms with E-state index in [2.05, 4.69) is 34.3 Å². The first-order valence-corrected chi connectivity index (χ1v) is 10.3. The third kappa shape index (κ3) is 3.64. The second kappa shape index (κ2) is 8.10. The highest BCUT2D eigenvalue weighted by atomic mass is 32.1. The minimum absolute atomic E-state index is 0.562. The average Bonchev–Trinajstić information content (AvgIpc) is 3.31. The smallest absolute Gasteiger partial charge is 0.194 e. The molecule has 0 atom stereocenters. The zero-order valence-corrected chi connectivity index (χ0v) is 17.3. The molecule has 0 spiro atoms. The SMILES string of the molecule is CCNC(=NCc1cn2ccsc2n1)N1CCc2cc(OC)c(OC)cc2C1. The molecule has 28 heavy (non-hydrogen) atoms. The number of aliphatic imine (C=N–C) groups is 1. The van der Waals surface area contributed by atoms with Gasteiger partial charge in [-0.1, -0.05) is 0 Å². The molecule has 0 saturated heterocycles. The van der Waals surface area contributed by atoms with Gasteiger partial charge in [0, 0.05) is 37.4 Å². The summed E-state index contributed by atoms with van der Waals surface area (Å²) in [6.07, 6.45) is 5.01. The normalized spacial score (nSPS) is 14.2. The number of fused-ring (bicyclic) bond motifs is 2. The first-order chi connectivity index (χ1) is 13.7. The first kappa shape index (κ1) is 18.6. The van der Waals surface area contributed by atoms with Gasteiger partial charge in [0.25, 0.3) is 0 Å². The van der Waals surface area contributed by atoms with E-state index in [1.165, 1.54) is 11.1 Å². The van der Waals surface area contributed by atoms with Crippen LogP contribution in [0.5, 0.6) is 11.5 Å². The second-order valence-corrected chi connectivity index (χ2v) is 7.52. The van der Waals surface area contributed by atoms with Crippen LogP contribution in [0.3, 0.4) is 0 Å². The predicted molar refractivity (Wildman–Crippen MR) is 112 cm³/mol. The molecule has 3 aromatic rings. The molecule has 3 heterocycles. The highest BCUT2D eigenvalue weighted by molar-refractivity contribution is 7.15. The fourth-order valence-corrected chi connectivity index (χ4v) is 4.22. The third-order valence-electron chi connectivity index (χ3n) is 4.89. The van der Waals surface area contributed by atoms with Crippen molar-refractivity contribution in [3.8, 4) is 11.5 Å². The summed E-state index contributed by atoms with van der Waals surface area (Å²) in [6, 6.07) is 4.17. The van der Waals surface area contributed by atoms with Gasteiger partial charge in [-0.15, -0.1) is 11.3 Å². The van der Waals surface area contributed by atoms with Gasteiger partial charge >= 0.3 is 0 Å². The number of nitrogens with zero attached hydrogens (tertiary/aromatic N) is 4. The Hall–Kier alpha value is -2.74. The topological polar surface area (TPSA) is 63.4 Å². The molecule has 0 radical (unpaired) electrons. The van der Waals surface area contributed by atoms with E-state index in [1.807, 2.05) is 22.2 Å². The zero-order chi connectivity index (χ0) is 19.5. The van der Waals surface area contributed by atoms with Crippen molar-refractivity contribution in [2.45, 2.75) is 26.4 Å². The Labute approximate surface area is 168 Å². The number of ether oxygens (including phenoxy) is 2. The van der Waals surface area contributed by atoms with Gasteiger partial charge in [-0.05, 0) is 36.6 Å². The lowest BCUT2D eigenvalue weighted by Gasteiger charge is -2.32. The predicted octanol–water partition coefficient (Wildman–Crippen LogP) is 2.94. The molecule has 148 valence electrons. The van der Waals surface area contributed by atoms with E-state index in [1.54, 1.807) is 25.6 Å². The van der Waals surface area contributed by atoms with Gasteiger partial charge in [0.2, 0.25) is 0 Å². The van der Waals surface area contributed by atoms with Gasteiger partial charge in [-0.3, -0.25) is 4.40 Å². The van der Waals surface area contributed by atoms with Crippen molar-refractivity contribution in [3.63, 3.8) is 0 Å². The maximum atomic E-state index is 5.47. The van der Waals surface area contributed by atoms with E-state index in [0.29, 0.717) is 6.54 Å². The van der Waals surface area contributed by atoms with Crippen LogP contribution in [0.15, 0.2) is 34.9 Å². The van der Waals surface area contributed by atoms with E-state index in [4.69, 9.17) is 14.5 Å². The number of methoxy groups -OCH3 is 2. The summed E-state index contributed by atoms with van der Waals surface area (Å²) in [5.41, 5.74) is 3.53. The third-order valence-corrected chi connectivity index (χ3v) is 5.66. The van der Waals surface area contributed by atoms with Crippen LogP contribution in [0.25, 0.3) is 4.96 Å². The Balaban J connectivity index is 1.54. The Bertz CT molecular complexity index is 965. The summed E-state index contributed by atoms with van der Waals surface area (Å²) in [5.74, 6) is 2.47. The molecule has 8 heteroatoms. The monoisotopic (exact) mass is 399 g/mol. The number of guanidine groups is 1. The van der Waals surface area contributed by atoms with Gasteiger partial charge in [0.1, 0.15) is 0 Å². The minimum atomic E-state index is 0.562. The molecule has 0 unspecified atom stereocenters. The number of rotatable bonds is 5. The lowest BCUT2D eigenvalue weighted by molar-refractivity contribution is 0.346. The molecule has 1 N–H and O–H groups in total. The minimum Gasteiger partial charge on any atom is -0.493 e. The fourth-order valence-electron chi connectivity index (χ4n) is 3.50. The number of hydrogen-bond donors (Lipinski definition) is 1. The van der Waals surface area contributed by atoms with Gasteiger partial charge < -0.3 is 19.7 Å². The Morgan fingerprint density at radius 1 is 1.25 bits per heavy atom. The molecule has 1 aliphatic rings. The molecule has 1 aliphatic heterocycles. The highest BCUT2D eigenvalue weighted by Crippen LogP contribution is 2.33. The van der Waals surface area contributed by atoms with Crippen LogP contribution < -0.4 is 14.8 Å². The number of thiazole rings is 1. The summed E-state index contributed by atoms with van der Waals surface area (Å²) in [4.78, 5) is 12.8. The van der Waals surface area contributed by atoms with Crippen molar-refractivity contribution >= 4 is 22.3 Å². The van der Waals surface area contributed by atoms with Crippen molar-refractivity contribution in [2.24, 2.45) is 4.99 Å². The zero-order valence-electron chi connectivity index (χ0n) is 16.4. The molecular formula is C20H25N5O2S. The van der Waals surface area contributed by atoms with Crippen molar-refractivity contribution in [2.75, 3.05) is 27.3 Å². The summed E-state index contributed by atoms with van der Waals surface area (Å²) < 4.78 is 13.0. The van der Waals surface area contributed by atoms with Crippen LogP contribution in [0.1, 0.15) is 23.7 Å². The van der Waals surface area contributed by atoms with Crippen LogP contribution in [-0.2, 0) is 19.5 Å². The molecule has 2 aromatic heterocycles. The number of hydrogen-bond acceptors (Lipinski definition) is 5. The Morgan fingerprint density at radius 2 is 2.04 bits per heavy atom. The second-order valence-electron chi connectivity index (χ2n) is 6.64. The average molecular weight is 400 g/mol. The van der Waals surface area contributed by atoms with Crippen LogP contribution in [0.2, 0.25) is 0 Å². The summed E-state index contributed by atoms with van der Waals surface area (Å²) >= 11 is 1.63. The Morgan fingerprint density at radius 3 is 2.75 bits per heavy atom. The molecule has 1 aromatic carbocycles. The first-order valence-electron chi connectivity index (χ1n) is 9.40. The van der Waals surface area contributed by atoms with E-state index in [9.17, 15) is 0 Å². The summed E-state index contributed by atoms with van der Waals surface area (Å²) in [7, 11) is 3.35. The van der Waals surface area contributed by atoms with Gasteiger partial charge in [0.15, 0.2) is 22.4 Å². The van der Waals surface area contributed by atoms with Crippen LogP contribution in [0, 0.1) is 0 Å². The summed E-state index contributed by atoms with van der Waals surface area (Å²) in [6.45, 7) is 5.18. The van der Waals surface area contributed by atoms with E-state index in [0.717, 1.165) is 54.2 Å². The maximum Gasteiger partial charge on any atom is 0.194 e. The van der Waals surface area contributed by atoms with Crippen LogP contribution in [0.4, 0.5) is 0 Å². The molecule has 0 bridgehead atoms. The number of benzene rings is 1. The van der Waals surface area contributed by atoms with Gasteiger partial charge in [-0.2, -0.15) is 0 Å². The van der Waals surface area contributed by atoms with E-state index < -0.39 is 0 Å². The van der Waals surface area contributed by atoms with Gasteiger partial charge in [-0.25, -0.2) is 9.98 Å². The van der Waals surface area contributed by atoms with Crippen LogP contribution in [-0.4, -0.2) is 47.6 Å². The molecule has 7 nitrogen and oxygen atoms in total. The quantitative estimate of drug-likeness (QED) is 0.528. The number of imidazole rings is 1. The fraction of sp³-hybridized carbons (Fsp3) is 0.400. The summed E-state index contributed by atoms with van der Waals surface area (Å²) in [5, 5.41) is 5.46. The molecule has 0 amide bonds. The molecule has 0 fully saturated rings. The molecule has 0 saturated carbocycles. The lowest BCUT2D eigenvalue weighted by atomic mass is 9.99. The number of aromatic nitrogens is 2. The molecular weight excluding hydrogens is 374 g/mol. The highest BCUT2D eigenvalue weighted by Gasteiger charge is 2.21. The maximum absolute atomic E-state index is 5.47. The molecule has 4 rings (SSSR count). The van der Waals surface area contributed by atoms with Crippen LogP contribution >= 0.6 is 11.3 Å². The standard InChI is InChI=1S/C20H25N5O2S/c1-4-21-19(22-11-16-13-25-7-8-28-20(25)23-16)24-6-5-14-9-17(26-2)18(27-3)10-15(14)12-24/h7-10,13H,4-6,11-12H2,1-3H3,(H,21,22).